The fourth-order valence-electron chi connectivity index (χ4n) is 1.95. The highest BCUT2D eigenvalue weighted by Crippen LogP contribution is 2.23. The number of carbonyl (C=O) groups is 3. The van der Waals surface area contributed by atoms with Crippen molar-refractivity contribution in [3.8, 4) is 0 Å². The van der Waals surface area contributed by atoms with Crippen LogP contribution in [0.2, 0.25) is 0 Å². The van der Waals surface area contributed by atoms with Crippen molar-refractivity contribution in [2.24, 2.45) is 0 Å². The van der Waals surface area contributed by atoms with Crippen LogP contribution in [0.15, 0.2) is 36.0 Å². The van der Waals surface area contributed by atoms with E-state index in [1.165, 1.54) is 27.2 Å². The molecule has 0 bridgehead atoms. The first-order chi connectivity index (χ1) is 11.3. The van der Waals surface area contributed by atoms with Gasteiger partial charge in [-0.15, -0.1) is 0 Å². The summed E-state index contributed by atoms with van der Waals surface area (Å²) in [6.07, 6.45) is 1.20. The maximum absolute atomic E-state index is 11.8. The van der Waals surface area contributed by atoms with E-state index in [0.29, 0.717) is 11.4 Å². The van der Waals surface area contributed by atoms with Gasteiger partial charge < -0.3 is 24.8 Å². The van der Waals surface area contributed by atoms with Crippen LogP contribution in [-0.4, -0.2) is 37.3 Å². The molecule has 0 unspecified atom stereocenters. The molecule has 2 N–H and O–H groups in total. The Kier molecular flexibility index (Phi) is 5.20. The maximum Gasteiger partial charge on any atom is 0.350 e. The number of ether oxygens (including phenoxy) is 3. The number of benzene rings is 1. The van der Waals surface area contributed by atoms with Crippen molar-refractivity contribution >= 4 is 29.2 Å². The number of nitrogens with one attached hydrogen (secondary N) is 2. The van der Waals surface area contributed by atoms with Crippen LogP contribution in [-0.2, 0) is 28.6 Å². The summed E-state index contributed by atoms with van der Waals surface area (Å²) in [5.74, 6) is -3.12. The third kappa shape index (κ3) is 4.56. The van der Waals surface area contributed by atoms with E-state index in [1.54, 1.807) is 24.3 Å². The molecule has 0 aromatic heterocycles. The van der Waals surface area contributed by atoms with Gasteiger partial charge in [0.25, 0.3) is 5.79 Å². The monoisotopic (exact) mass is 334 g/mol. The van der Waals surface area contributed by atoms with Gasteiger partial charge in [0.2, 0.25) is 5.91 Å². The van der Waals surface area contributed by atoms with Crippen LogP contribution in [0, 0.1) is 0 Å². The zero-order valence-electron chi connectivity index (χ0n) is 13.5. The van der Waals surface area contributed by atoms with Crippen LogP contribution in [0.3, 0.4) is 0 Å². The molecule has 128 valence electrons. The topological polar surface area (TPSA) is 103 Å². The van der Waals surface area contributed by atoms with E-state index in [0.717, 1.165) is 0 Å². The Morgan fingerprint density at radius 1 is 1.21 bits per heavy atom. The molecule has 0 atom stereocenters. The van der Waals surface area contributed by atoms with Gasteiger partial charge in [-0.1, -0.05) is 6.07 Å². The van der Waals surface area contributed by atoms with E-state index >= 15 is 0 Å². The summed E-state index contributed by atoms with van der Waals surface area (Å²) in [6.45, 7) is 2.88. The van der Waals surface area contributed by atoms with Gasteiger partial charge in [-0.25, -0.2) is 9.59 Å². The Morgan fingerprint density at radius 2 is 1.83 bits per heavy atom. The van der Waals surface area contributed by atoms with Gasteiger partial charge in [-0.3, -0.25) is 4.79 Å². The second-order valence-corrected chi connectivity index (χ2v) is 5.44. The summed E-state index contributed by atoms with van der Waals surface area (Å²) in [6, 6.07) is 6.72. The van der Waals surface area contributed by atoms with Crippen molar-refractivity contribution in [3.63, 3.8) is 0 Å². The van der Waals surface area contributed by atoms with Gasteiger partial charge in [0.05, 0.1) is 0 Å². The summed E-state index contributed by atoms with van der Waals surface area (Å²) < 4.78 is 14.7. The second kappa shape index (κ2) is 7.14. The lowest BCUT2D eigenvalue weighted by molar-refractivity contribution is -0.222. The molecule has 1 aromatic rings. The third-order valence-corrected chi connectivity index (χ3v) is 2.92. The molecule has 1 aliphatic heterocycles. The molecule has 1 aromatic carbocycles. The number of methoxy groups -OCH3 is 1. The van der Waals surface area contributed by atoms with Crippen molar-refractivity contribution in [2.45, 2.75) is 19.6 Å². The zero-order valence-corrected chi connectivity index (χ0v) is 13.5. The quantitative estimate of drug-likeness (QED) is 0.476. The molecule has 0 saturated carbocycles. The molecule has 1 heterocycles. The Labute approximate surface area is 138 Å². The fourth-order valence-corrected chi connectivity index (χ4v) is 1.95. The normalized spacial score (nSPS) is 16.0. The number of anilines is 2. The molecule has 1 amide bonds. The van der Waals surface area contributed by atoms with E-state index in [2.05, 4.69) is 10.6 Å². The van der Waals surface area contributed by atoms with Crippen LogP contribution in [0.5, 0.6) is 0 Å². The molecule has 8 heteroatoms. The average molecular weight is 334 g/mol. The first kappa shape index (κ1) is 17.5. The lowest BCUT2D eigenvalue weighted by Gasteiger charge is -2.29. The number of carbonyl (C=O) groups excluding carboxylic acids is 3. The molecule has 24 heavy (non-hydrogen) atoms. The van der Waals surface area contributed by atoms with Gasteiger partial charge in [0, 0.05) is 38.5 Å². The molecule has 0 radical (unpaired) electrons. The Morgan fingerprint density at radius 3 is 2.46 bits per heavy atom. The SMILES string of the molecule is COCC(=O)Nc1cccc(NC=C2C(=O)OC(C)(C)OC2=O)c1. The summed E-state index contributed by atoms with van der Waals surface area (Å²) in [4.78, 5) is 35.1. The van der Waals surface area contributed by atoms with Crippen LogP contribution in [0.1, 0.15) is 13.8 Å². The number of hydrogen-bond acceptors (Lipinski definition) is 7. The largest absolute Gasteiger partial charge is 0.419 e. The third-order valence-electron chi connectivity index (χ3n) is 2.92. The number of hydrogen-bond donors (Lipinski definition) is 2. The van der Waals surface area contributed by atoms with Crippen molar-refractivity contribution in [1.29, 1.82) is 0 Å². The minimum atomic E-state index is -1.28. The number of cyclic esters (lactones) is 2. The number of rotatable bonds is 5. The number of amides is 1. The summed E-state index contributed by atoms with van der Waals surface area (Å²) in [5.41, 5.74) is 0.849. The molecular weight excluding hydrogens is 316 g/mol. The second-order valence-electron chi connectivity index (χ2n) is 5.44. The van der Waals surface area contributed by atoms with Crippen LogP contribution < -0.4 is 10.6 Å². The molecule has 1 saturated heterocycles. The first-order valence-corrected chi connectivity index (χ1v) is 7.13. The van der Waals surface area contributed by atoms with E-state index in [9.17, 15) is 14.4 Å². The van der Waals surface area contributed by atoms with Gasteiger partial charge in [-0.2, -0.15) is 0 Å². The minimum absolute atomic E-state index is 0.0603. The van der Waals surface area contributed by atoms with Gasteiger partial charge in [-0.05, 0) is 18.2 Å². The smallest absolute Gasteiger partial charge is 0.350 e. The molecule has 0 spiro atoms. The van der Waals surface area contributed by atoms with Crippen LogP contribution in [0.4, 0.5) is 11.4 Å². The Bertz CT molecular complexity index is 674. The highest BCUT2D eigenvalue weighted by Gasteiger charge is 2.38. The zero-order chi connectivity index (χ0) is 17.7. The standard InChI is InChI=1S/C16H18N2O6/c1-16(2)23-14(20)12(15(21)24-16)8-17-10-5-4-6-11(7-10)18-13(19)9-22-3/h4-8,17H,9H2,1-3H3,(H,18,19). The molecular formula is C16H18N2O6. The highest BCUT2D eigenvalue weighted by molar-refractivity contribution is 6.15. The lowest BCUT2D eigenvalue weighted by Crippen LogP contribution is -2.42. The van der Waals surface area contributed by atoms with E-state index in [-0.39, 0.29) is 18.1 Å². The Hall–Kier alpha value is -2.87. The van der Waals surface area contributed by atoms with E-state index in [4.69, 9.17) is 14.2 Å². The predicted octanol–water partition coefficient (Wildman–Crippen LogP) is 1.40. The molecule has 1 fully saturated rings. The first-order valence-electron chi connectivity index (χ1n) is 7.13. The van der Waals surface area contributed by atoms with Gasteiger partial charge >= 0.3 is 11.9 Å². The lowest BCUT2D eigenvalue weighted by atomic mass is 10.2. The van der Waals surface area contributed by atoms with Gasteiger partial charge in [0.15, 0.2) is 5.57 Å². The van der Waals surface area contributed by atoms with Crippen LogP contribution >= 0.6 is 0 Å². The molecule has 2 rings (SSSR count). The molecule has 0 aliphatic carbocycles. The summed E-state index contributed by atoms with van der Waals surface area (Å²) >= 11 is 0. The number of esters is 2. The minimum Gasteiger partial charge on any atom is -0.419 e. The van der Waals surface area contributed by atoms with Crippen molar-refractivity contribution in [1.82, 2.24) is 0 Å². The van der Waals surface area contributed by atoms with Gasteiger partial charge in [0.1, 0.15) is 6.61 Å². The molecule has 8 nitrogen and oxygen atoms in total. The van der Waals surface area contributed by atoms with Crippen molar-refractivity contribution in [3.05, 3.63) is 36.0 Å². The van der Waals surface area contributed by atoms with E-state index in [1.807, 2.05) is 0 Å². The maximum atomic E-state index is 11.8. The predicted molar refractivity (Wildman–Crippen MR) is 84.9 cm³/mol. The highest BCUT2D eigenvalue weighted by atomic mass is 16.7. The summed E-state index contributed by atoms with van der Waals surface area (Å²) in [7, 11) is 1.42. The van der Waals surface area contributed by atoms with Crippen LogP contribution in [0.25, 0.3) is 0 Å². The Balaban J connectivity index is 2.07. The van der Waals surface area contributed by atoms with E-state index < -0.39 is 17.7 Å². The summed E-state index contributed by atoms with van der Waals surface area (Å²) in [5, 5.41) is 5.44. The fraction of sp³-hybridized carbons (Fsp3) is 0.312. The van der Waals surface area contributed by atoms with Crippen molar-refractivity contribution < 1.29 is 28.6 Å². The molecule has 1 aliphatic rings. The van der Waals surface area contributed by atoms with Crippen molar-refractivity contribution in [2.75, 3.05) is 24.4 Å². The average Bonchev–Trinajstić information content (AvgIpc) is 2.45.